The zero-order valence-electron chi connectivity index (χ0n) is 30.4. The molecule has 0 aliphatic carbocycles. The van der Waals surface area contributed by atoms with E-state index < -0.39 is 0 Å². The van der Waals surface area contributed by atoms with E-state index in [2.05, 4.69) is 86.6 Å². The molecule has 0 atom stereocenters. The molecule has 0 heterocycles. The number of anilines is 2. The van der Waals surface area contributed by atoms with E-state index in [0.717, 1.165) is 24.2 Å². The minimum Gasteiger partial charge on any atom is -0.399 e. The number of hydrogen-bond donors (Lipinski definition) is 2. The Bertz CT molecular complexity index is 1340. The number of aryl methyl sites for hydroxylation is 4. The number of nitrogens with two attached hydrogens (primary N) is 2. The van der Waals surface area contributed by atoms with E-state index in [0.29, 0.717) is 0 Å². The third-order valence-electron chi connectivity index (χ3n) is 10.2. The molecule has 0 aliphatic rings. The van der Waals surface area contributed by atoms with E-state index in [1.807, 2.05) is 12.1 Å². The average molecular weight is 645 g/mol. The second-order valence-corrected chi connectivity index (χ2v) is 14.5. The number of unbranched alkanes of at least 4 members (excludes halogenated alkanes) is 15. The van der Waals surface area contributed by atoms with Gasteiger partial charge < -0.3 is 11.5 Å². The highest BCUT2D eigenvalue weighted by Crippen LogP contribution is 2.20. The number of hydrogen-bond acceptors (Lipinski definition) is 2. The van der Waals surface area contributed by atoms with Gasteiger partial charge in [-0.05, 0) is 121 Å². The Balaban J connectivity index is 0.891. The van der Waals surface area contributed by atoms with Crippen molar-refractivity contribution in [1.29, 1.82) is 0 Å². The van der Waals surface area contributed by atoms with Gasteiger partial charge >= 0.3 is 0 Å². The Morgan fingerprint density at radius 1 is 0.333 bits per heavy atom. The second-order valence-electron chi connectivity index (χ2n) is 14.5. The van der Waals surface area contributed by atoms with Crippen LogP contribution in [0.3, 0.4) is 0 Å². The summed E-state index contributed by atoms with van der Waals surface area (Å²) < 4.78 is 0. The van der Waals surface area contributed by atoms with E-state index in [4.69, 9.17) is 11.5 Å². The smallest absolute Gasteiger partial charge is 0.0316 e. The lowest BCUT2D eigenvalue weighted by Gasteiger charge is -2.08. The van der Waals surface area contributed by atoms with Crippen molar-refractivity contribution < 1.29 is 0 Å². The van der Waals surface area contributed by atoms with Gasteiger partial charge in [-0.15, -0.1) is 0 Å². The van der Waals surface area contributed by atoms with Crippen LogP contribution in [-0.2, 0) is 25.7 Å². The van der Waals surface area contributed by atoms with Crippen LogP contribution in [0.5, 0.6) is 0 Å². The van der Waals surface area contributed by atoms with Gasteiger partial charge in [0.05, 0.1) is 0 Å². The van der Waals surface area contributed by atoms with Crippen LogP contribution in [-0.4, -0.2) is 0 Å². The summed E-state index contributed by atoms with van der Waals surface area (Å²) in [5.41, 5.74) is 24.5. The van der Waals surface area contributed by atoms with Gasteiger partial charge in [0.15, 0.2) is 0 Å². The molecule has 0 saturated carbocycles. The quantitative estimate of drug-likeness (QED) is 0.0623. The monoisotopic (exact) mass is 645 g/mol. The number of benzene rings is 4. The van der Waals surface area contributed by atoms with E-state index in [9.17, 15) is 0 Å². The largest absolute Gasteiger partial charge is 0.399 e. The maximum Gasteiger partial charge on any atom is 0.0316 e. The number of nitrogen functional groups attached to an aromatic ring is 2. The van der Waals surface area contributed by atoms with Gasteiger partial charge in [0, 0.05) is 11.4 Å². The highest BCUT2D eigenvalue weighted by Gasteiger charge is 2.04. The van der Waals surface area contributed by atoms with Gasteiger partial charge in [0.25, 0.3) is 0 Å². The van der Waals surface area contributed by atoms with Crippen LogP contribution >= 0.6 is 0 Å². The molecule has 0 aliphatic heterocycles. The highest BCUT2D eigenvalue weighted by atomic mass is 14.5. The van der Waals surface area contributed by atoms with E-state index >= 15 is 0 Å². The molecule has 0 bridgehead atoms. The van der Waals surface area contributed by atoms with Crippen LogP contribution < -0.4 is 11.5 Å². The minimum atomic E-state index is 0.849. The molecule has 4 aromatic rings. The summed E-state index contributed by atoms with van der Waals surface area (Å²) in [6.07, 6.45) is 26.8. The molecule has 0 aromatic heterocycles. The van der Waals surface area contributed by atoms with Gasteiger partial charge in [-0.2, -0.15) is 0 Å². The molecule has 0 unspecified atom stereocenters. The van der Waals surface area contributed by atoms with Gasteiger partial charge in [0.2, 0.25) is 0 Å². The van der Waals surface area contributed by atoms with Crippen molar-refractivity contribution in [2.75, 3.05) is 11.5 Å². The lowest BCUT2D eigenvalue weighted by molar-refractivity contribution is 0.528. The Hall–Kier alpha value is -3.52. The van der Waals surface area contributed by atoms with Crippen molar-refractivity contribution in [3.05, 3.63) is 129 Å². The van der Waals surface area contributed by atoms with Crippen LogP contribution in [0, 0.1) is 13.8 Å². The maximum atomic E-state index is 5.90. The predicted molar refractivity (Wildman–Crippen MR) is 211 cm³/mol. The molecule has 4 aromatic carbocycles. The normalized spacial score (nSPS) is 11.3. The van der Waals surface area contributed by atoms with E-state index in [1.54, 1.807) is 0 Å². The summed E-state index contributed by atoms with van der Waals surface area (Å²) in [5.74, 6) is 0. The van der Waals surface area contributed by atoms with Crippen molar-refractivity contribution in [1.82, 2.24) is 0 Å². The first-order valence-corrected chi connectivity index (χ1v) is 19.3. The summed E-state index contributed by atoms with van der Waals surface area (Å²) in [4.78, 5) is 0. The third kappa shape index (κ3) is 14.3. The van der Waals surface area contributed by atoms with E-state index in [1.165, 1.54) is 160 Å². The first kappa shape index (κ1) is 37.3. The van der Waals surface area contributed by atoms with Crippen molar-refractivity contribution in [3.63, 3.8) is 0 Å². The average Bonchev–Trinajstić information content (AvgIpc) is 3.08. The van der Waals surface area contributed by atoms with E-state index in [-0.39, 0.29) is 0 Å². The molecule has 258 valence electrons. The first-order valence-electron chi connectivity index (χ1n) is 19.3. The lowest BCUT2D eigenvalue weighted by atomic mass is 9.98. The summed E-state index contributed by atoms with van der Waals surface area (Å²) in [7, 11) is 0. The summed E-state index contributed by atoms with van der Waals surface area (Å²) in [5, 5.41) is 0. The second kappa shape index (κ2) is 21.5. The lowest BCUT2D eigenvalue weighted by Crippen LogP contribution is -1.95. The van der Waals surface area contributed by atoms with Crippen LogP contribution in [0.2, 0.25) is 0 Å². The molecule has 4 N–H and O–H groups in total. The third-order valence-corrected chi connectivity index (χ3v) is 10.2. The topological polar surface area (TPSA) is 52.0 Å². The Kier molecular flexibility index (Phi) is 16.7. The molecule has 0 amide bonds. The van der Waals surface area contributed by atoms with Gasteiger partial charge in [-0.25, -0.2) is 0 Å². The van der Waals surface area contributed by atoms with Gasteiger partial charge in [0.1, 0.15) is 0 Å². The fourth-order valence-corrected chi connectivity index (χ4v) is 7.06. The molecule has 48 heavy (non-hydrogen) atoms. The maximum absolute atomic E-state index is 5.90. The summed E-state index contributed by atoms with van der Waals surface area (Å²) in [6, 6.07) is 31.0. The zero-order chi connectivity index (χ0) is 33.8. The first-order chi connectivity index (χ1) is 23.5. The molecule has 2 nitrogen and oxygen atoms in total. The molecule has 0 radical (unpaired) electrons. The highest BCUT2D eigenvalue weighted by molar-refractivity contribution is 5.46. The Morgan fingerprint density at radius 3 is 0.896 bits per heavy atom. The predicted octanol–water partition coefficient (Wildman–Crippen LogP) is 12.7. The fourth-order valence-electron chi connectivity index (χ4n) is 7.06. The molecule has 4 rings (SSSR count). The molecule has 2 heteroatoms. The van der Waals surface area contributed by atoms with Crippen LogP contribution in [0.25, 0.3) is 0 Å². The van der Waals surface area contributed by atoms with Crippen molar-refractivity contribution in [2.45, 2.75) is 142 Å². The molecule has 0 saturated heterocycles. The van der Waals surface area contributed by atoms with Crippen molar-refractivity contribution >= 4 is 11.4 Å². The fraction of sp³-hybridized carbons (Fsp3) is 0.478. The summed E-state index contributed by atoms with van der Waals surface area (Å²) >= 11 is 0. The van der Waals surface area contributed by atoms with Crippen molar-refractivity contribution in [2.24, 2.45) is 0 Å². The van der Waals surface area contributed by atoms with Crippen molar-refractivity contribution in [3.8, 4) is 0 Å². The molecule has 0 spiro atoms. The number of rotatable bonds is 23. The zero-order valence-corrected chi connectivity index (χ0v) is 30.4. The standard InChI is InChI=1S/C46H64N2/c1-37-33-45(47)31-29-43(37)35-41-25-21-39(22-26-41)19-17-15-13-11-9-7-5-3-4-6-8-10-12-14-16-18-20-40-23-27-42(28-24-40)36-44-30-32-46(48)34-38(44)2/h21-34H,3-20,35-36,47-48H2,1-2H3. The van der Waals surface area contributed by atoms with Crippen LogP contribution in [0.1, 0.15) is 147 Å². The minimum absolute atomic E-state index is 0.849. The summed E-state index contributed by atoms with van der Waals surface area (Å²) in [6.45, 7) is 4.30. The SMILES string of the molecule is Cc1cc(N)ccc1Cc1ccc(CCCCCCCCCCCCCCCCCCc2ccc(Cc3ccc(N)cc3C)cc2)cc1. The van der Waals surface area contributed by atoms with Crippen LogP contribution in [0.4, 0.5) is 11.4 Å². The Labute approximate surface area is 293 Å². The van der Waals surface area contributed by atoms with Gasteiger partial charge in [-0.1, -0.05) is 151 Å². The van der Waals surface area contributed by atoms with Crippen LogP contribution in [0.15, 0.2) is 84.9 Å². The Morgan fingerprint density at radius 2 is 0.604 bits per heavy atom. The molecular formula is C46H64N2. The van der Waals surface area contributed by atoms with Gasteiger partial charge in [-0.3, -0.25) is 0 Å². The molecule has 0 fully saturated rings. The molecular weight excluding hydrogens is 581 g/mol.